The normalized spacial score (nSPS) is 15.1. The molecule has 3 heteroatoms. The van der Waals surface area contributed by atoms with Gasteiger partial charge in [0, 0.05) is 25.6 Å². The fourth-order valence-electron chi connectivity index (χ4n) is 2.53. The van der Waals surface area contributed by atoms with Gasteiger partial charge in [0.25, 0.3) is 0 Å². The van der Waals surface area contributed by atoms with Crippen molar-refractivity contribution in [3.63, 3.8) is 0 Å². The number of imidazole rings is 1. The molecule has 2 unspecified atom stereocenters. The predicted octanol–water partition coefficient (Wildman–Crippen LogP) is 3.14. The van der Waals surface area contributed by atoms with Crippen LogP contribution in [0.3, 0.4) is 0 Å². The van der Waals surface area contributed by atoms with Gasteiger partial charge in [-0.3, -0.25) is 0 Å². The average molecular weight is 259 g/mol. The lowest BCUT2D eigenvalue weighted by atomic mass is 9.99. The molecule has 0 radical (unpaired) electrons. The van der Waals surface area contributed by atoms with Crippen molar-refractivity contribution >= 4 is 11.0 Å². The third kappa shape index (κ3) is 3.16. The second-order valence-corrected chi connectivity index (χ2v) is 5.87. The van der Waals surface area contributed by atoms with Crippen LogP contribution in [0.2, 0.25) is 0 Å². The van der Waals surface area contributed by atoms with Crippen LogP contribution in [0.15, 0.2) is 24.3 Å². The Morgan fingerprint density at radius 3 is 2.47 bits per heavy atom. The molecule has 0 amide bonds. The van der Waals surface area contributed by atoms with Crippen molar-refractivity contribution in [2.45, 2.75) is 46.2 Å². The van der Waals surface area contributed by atoms with E-state index in [4.69, 9.17) is 4.98 Å². The number of fused-ring (bicyclic) bond motifs is 1. The lowest BCUT2D eigenvalue weighted by Gasteiger charge is -2.23. The van der Waals surface area contributed by atoms with E-state index in [1.54, 1.807) is 0 Å². The molecule has 2 rings (SSSR count). The van der Waals surface area contributed by atoms with Crippen LogP contribution in [0.4, 0.5) is 0 Å². The number of nitrogens with one attached hydrogen (secondary N) is 1. The number of benzene rings is 1. The molecule has 0 aliphatic heterocycles. The molecule has 0 aliphatic rings. The summed E-state index contributed by atoms with van der Waals surface area (Å²) in [5, 5.41) is 3.58. The number of nitrogens with zero attached hydrogens (tertiary/aromatic N) is 2. The topological polar surface area (TPSA) is 29.9 Å². The first kappa shape index (κ1) is 14.1. The smallest absolute Gasteiger partial charge is 0.109 e. The average Bonchev–Trinajstić information content (AvgIpc) is 2.66. The van der Waals surface area contributed by atoms with E-state index < -0.39 is 0 Å². The Hall–Kier alpha value is -1.35. The molecule has 1 N–H and O–H groups in total. The maximum atomic E-state index is 4.75. The molecular weight excluding hydrogens is 234 g/mol. The lowest BCUT2D eigenvalue weighted by Crippen LogP contribution is -2.38. The van der Waals surface area contributed by atoms with Gasteiger partial charge in [-0.15, -0.1) is 0 Å². The van der Waals surface area contributed by atoms with Crippen LogP contribution < -0.4 is 5.32 Å². The maximum Gasteiger partial charge on any atom is 0.109 e. The predicted molar refractivity (Wildman–Crippen MR) is 81.3 cm³/mol. The fraction of sp³-hybridized carbons (Fsp3) is 0.562. The summed E-state index contributed by atoms with van der Waals surface area (Å²) in [6.07, 6.45) is 1.01. The van der Waals surface area contributed by atoms with Crippen molar-refractivity contribution in [3.05, 3.63) is 30.1 Å². The Morgan fingerprint density at radius 2 is 1.84 bits per heavy atom. The Balaban J connectivity index is 2.15. The van der Waals surface area contributed by atoms with Gasteiger partial charge in [0.15, 0.2) is 0 Å². The molecule has 1 aromatic carbocycles. The summed E-state index contributed by atoms with van der Waals surface area (Å²) in [5.74, 6) is 1.74. The third-order valence-electron chi connectivity index (χ3n) is 3.83. The molecule has 0 fully saturated rings. The minimum atomic E-state index is 0.500. The minimum Gasteiger partial charge on any atom is -0.331 e. The van der Waals surface area contributed by atoms with Crippen LogP contribution in [-0.2, 0) is 13.5 Å². The Bertz CT molecular complexity index is 542. The van der Waals surface area contributed by atoms with Gasteiger partial charge in [0.2, 0.25) is 0 Å². The Morgan fingerprint density at radius 1 is 1.16 bits per heavy atom. The summed E-state index contributed by atoms with van der Waals surface area (Å²) < 4.78 is 2.22. The molecule has 104 valence electrons. The quantitative estimate of drug-likeness (QED) is 0.894. The second-order valence-electron chi connectivity index (χ2n) is 5.87. The van der Waals surface area contributed by atoms with Gasteiger partial charge in [-0.2, -0.15) is 0 Å². The van der Waals surface area contributed by atoms with Crippen molar-refractivity contribution in [3.8, 4) is 0 Å². The van der Waals surface area contributed by atoms with Crippen LogP contribution in [0.5, 0.6) is 0 Å². The molecule has 0 bridgehead atoms. The molecule has 0 saturated carbocycles. The van der Waals surface area contributed by atoms with Gasteiger partial charge in [0.1, 0.15) is 5.82 Å². The SMILES string of the molecule is CC(C)NC(C)C(C)Cc1nc2ccccc2n1C. The van der Waals surface area contributed by atoms with Crippen molar-refractivity contribution < 1.29 is 0 Å². The number of aromatic nitrogens is 2. The molecule has 3 nitrogen and oxygen atoms in total. The van der Waals surface area contributed by atoms with Crippen LogP contribution in [-0.4, -0.2) is 21.6 Å². The number of hydrogen-bond acceptors (Lipinski definition) is 2. The standard InChI is InChI=1S/C16H25N3/c1-11(2)17-13(4)12(3)10-16-18-14-8-6-7-9-15(14)19(16)5/h6-9,11-13,17H,10H2,1-5H3. The summed E-state index contributed by atoms with van der Waals surface area (Å²) in [7, 11) is 2.11. The van der Waals surface area contributed by atoms with Crippen LogP contribution in [0.1, 0.15) is 33.5 Å². The zero-order chi connectivity index (χ0) is 14.0. The van der Waals surface area contributed by atoms with Gasteiger partial charge < -0.3 is 9.88 Å². The van der Waals surface area contributed by atoms with Crippen molar-refractivity contribution in [1.82, 2.24) is 14.9 Å². The monoisotopic (exact) mass is 259 g/mol. The van der Waals surface area contributed by atoms with Gasteiger partial charge >= 0.3 is 0 Å². The van der Waals surface area contributed by atoms with Gasteiger partial charge in [-0.1, -0.05) is 32.9 Å². The molecule has 0 saturated heterocycles. The highest BCUT2D eigenvalue weighted by Gasteiger charge is 2.16. The van der Waals surface area contributed by atoms with Crippen LogP contribution in [0.25, 0.3) is 11.0 Å². The van der Waals surface area contributed by atoms with Crippen molar-refractivity contribution in [1.29, 1.82) is 0 Å². The second kappa shape index (κ2) is 5.74. The fourth-order valence-corrected chi connectivity index (χ4v) is 2.53. The van der Waals surface area contributed by atoms with Gasteiger partial charge in [0.05, 0.1) is 11.0 Å². The molecule has 1 heterocycles. The summed E-state index contributed by atoms with van der Waals surface area (Å²) in [5.41, 5.74) is 2.31. The van der Waals surface area contributed by atoms with E-state index in [9.17, 15) is 0 Å². The third-order valence-corrected chi connectivity index (χ3v) is 3.83. The van der Waals surface area contributed by atoms with E-state index in [0.29, 0.717) is 18.0 Å². The molecule has 19 heavy (non-hydrogen) atoms. The Labute approximate surface area is 116 Å². The first-order chi connectivity index (χ1) is 8.99. The van der Waals surface area contributed by atoms with E-state index in [0.717, 1.165) is 11.9 Å². The first-order valence-electron chi connectivity index (χ1n) is 7.15. The van der Waals surface area contributed by atoms with Crippen LogP contribution in [0, 0.1) is 5.92 Å². The minimum absolute atomic E-state index is 0.500. The van der Waals surface area contributed by atoms with Crippen molar-refractivity contribution in [2.24, 2.45) is 13.0 Å². The highest BCUT2D eigenvalue weighted by molar-refractivity contribution is 5.75. The molecule has 2 atom stereocenters. The van der Waals surface area contributed by atoms with E-state index in [1.807, 2.05) is 6.07 Å². The van der Waals surface area contributed by atoms with Gasteiger partial charge in [-0.25, -0.2) is 4.98 Å². The van der Waals surface area contributed by atoms with E-state index in [2.05, 4.69) is 62.8 Å². The first-order valence-corrected chi connectivity index (χ1v) is 7.15. The highest BCUT2D eigenvalue weighted by Crippen LogP contribution is 2.18. The van der Waals surface area contributed by atoms with Gasteiger partial charge in [-0.05, 0) is 25.0 Å². The largest absolute Gasteiger partial charge is 0.331 e. The molecule has 0 spiro atoms. The van der Waals surface area contributed by atoms with Crippen LogP contribution >= 0.6 is 0 Å². The highest BCUT2D eigenvalue weighted by atomic mass is 15.1. The molecule has 2 aromatic rings. The summed E-state index contributed by atoms with van der Waals surface area (Å²) in [6.45, 7) is 8.93. The lowest BCUT2D eigenvalue weighted by molar-refractivity contribution is 0.365. The summed E-state index contributed by atoms with van der Waals surface area (Å²) in [4.78, 5) is 4.75. The number of hydrogen-bond donors (Lipinski definition) is 1. The Kier molecular flexibility index (Phi) is 4.25. The molecule has 0 aliphatic carbocycles. The maximum absolute atomic E-state index is 4.75. The summed E-state index contributed by atoms with van der Waals surface area (Å²) >= 11 is 0. The van der Waals surface area contributed by atoms with E-state index in [-0.39, 0.29) is 0 Å². The number of para-hydroxylation sites is 2. The molecular formula is C16H25N3. The van der Waals surface area contributed by atoms with E-state index >= 15 is 0 Å². The summed E-state index contributed by atoms with van der Waals surface area (Å²) in [6, 6.07) is 9.36. The molecule has 1 aromatic heterocycles. The zero-order valence-corrected chi connectivity index (χ0v) is 12.6. The number of aryl methyl sites for hydroxylation is 1. The van der Waals surface area contributed by atoms with Crippen molar-refractivity contribution in [2.75, 3.05) is 0 Å². The zero-order valence-electron chi connectivity index (χ0n) is 12.6. The van der Waals surface area contributed by atoms with E-state index in [1.165, 1.54) is 11.3 Å². The number of rotatable bonds is 5.